The van der Waals surface area contributed by atoms with Crippen LogP contribution >= 0.6 is 0 Å². The second-order valence-electron chi connectivity index (χ2n) is 7.68. The normalized spacial score (nSPS) is 14.6. The first-order valence-corrected chi connectivity index (χ1v) is 10.5. The van der Waals surface area contributed by atoms with E-state index in [1.165, 1.54) is 0 Å². The van der Waals surface area contributed by atoms with Crippen LogP contribution in [0.4, 0.5) is 11.5 Å². The lowest BCUT2D eigenvalue weighted by Gasteiger charge is -2.39. The number of carbonyl (C=O) groups is 1. The van der Waals surface area contributed by atoms with Crippen molar-refractivity contribution in [2.75, 3.05) is 25.7 Å². The number of nitrogens with zero attached hydrogens (tertiary/aromatic N) is 3. The van der Waals surface area contributed by atoms with Crippen LogP contribution in [0.3, 0.4) is 0 Å². The number of fused-ring (bicyclic) bond motifs is 1. The Morgan fingerprint density at radius 3 is 2.58 bits per heavy atom. The number of esters is 1. The molecule has 7 nitrogen and oxygen atoms in total. The van der Waals surface area contributed by atoms with Gasteiger partial charge in [0.2, 0.25) is 5.60 Å². The quantitative estimate of drug-likeness (QED) is 0.517. The van der Waals surface area contributed by atoms with E-state index in [4.69, 9.17) is 14.2 Å². The number of ether oxygens (including phenoxy) is 3. The van der Waals surface area contributed by atoms with E-state index in [0.29, 0.717) is 36.8 Å². The van der Waals surface area contributed by atoms with Gasteiger partial charge >= 0.3 is 5.97 Å². The number of para-hydroxylation sites is 1. The first-order chi connectivity index (χ1) is 15.0. The van der Waals surface area contributed by atoms with Crippen LogP contribution in [0.2, 0.25) is 0 Å². The molecule has 0 unspecified atom stereocenters. The minimum atomic E-state index is -0.946. The molecule has 0 N–H and O–H groups in total. The van der Waals surface area contributed by atoms with Gasteiger partial charge in [-0.25, -0.2) is 14.8 Å². The van der Waals surface area contributed by atoms with Crippen molar-refractivity contribution in [2.24, 2.45) is 0 Å². The van der Waals surface area contributed by atoms with Crippen LogP contribution in [0.25, 0.3) is 10.9 Å². The van der Waals surface area contributed by atoms with Crippen LogP contribution in [0, 0.1) is 6.92 Å². The first kappa shape index (κ1) is 20.9. The number of hydrogen-bond acceptors (Lipinski definition) is 7. The molecule has 4 rings (SSSR count). The summed E-state index contributed by atoms with van der Waals surface area (Å²) in [4.78, 5) is 23.7. The van der Waals surface area contributed by atoms with E-state index in [-0.39, 0.29) is 5.97 Å². The number of benzene rings is 2. The predicted octanol–water partition coefficient (Wildman–Crippen LogP) is 4.58. The average Bonchev–Trinajstić information content (AvgIpc) is 2.75. The summed E-state index contributed by atoms with van der Waals surface area (Å²) in [5, 5.41) is 0.955. The fourth-order valence-corrected chi connectivity index (χ4v) is 3.82. The molecule has 0 aliphatic heterocycles. The zero-order valence-electron chi connectivity index (χ0n) is 18.3. The van der Waals surface area contributed by atoms with Crippen molar-refractivity contribution in [3.63, 3.8) is 0 Å². The Labute approximate surface area is 182 Å². The number of carbonyl (C=O) groups excluding carboxylic acids is 1. The van der Waals surface area contributed by atoms with Gasteiger partial charge in [0.25, 0.3) is 0 Å². The van der Waals surface area contributed by atoms with Crippen molar-refractivity contribution in [3.8, 4) is 11.5 Å². The maximum atomic E-state index is 12.6. The van der Waals surface area contributed by atoms with Crippen molar-refractivity contribution >= 4 is 28.4 Å². The number of anilines is 2. The highest BCUT2D eigenvalue weighted by atomic mass is 16.6. The molecular weight excluding hydrogens is 394 g/mol. The smallest absolute Gasteiger partial charge is 0.350 e. The van der Waals surface area contributed by atoms with Crippen molar-refractivity contribution in [1.29, 1.82) is 0 Å². The molecule has 1 aliphatic rings. The zero-order chi connectivity index (χ0) is 22.0. The molecule has 0 amide bonds. The Bertz CT molecular complexity index is 1110. The predicted molar refractivity (Wildman–Crippen MR) is 119 cm³/mol. The number of methoxy groups -OCH3 is 1. The molecule has 0 saturated heterocycles. The van der Waals surface area contributed by atoms with Crippen LogP contribution < -0.4 is 14.4 Å². The van der Waals surface area contributed by atoms with Gasteiger partial charge in [-0.05, 0) is 57.4 Å². The summed E-state index contributed by atoms with van der Waals surface area (Å²) in [6.07, 6.45) is 2.18. The van der Waals surface area contributed by atoms with Crippen molar-refractivity contribution in [3.05, 3.63) is 48.3 Å². The van der Waals surface area contributed by atoms with Gasteiger partial charge in [-0.3, -0.25) is 0 Å². The fourth-order valence-electron chi connectivity index (χ4n) is 3.82. The minimum absolute atomic E-state index is 0.320. The van der Waals surface area contributed by atoms with Crippen molar-refractivity contribution in [1.82, 2.24) is 9.97 Å². The molecule has 1 heterocycles. The van der Waals surface area contributed by atoms with Gasteiger partial charge in [-0.15, -0.1) is 0 Å². The molecule has 2 aromatic carbocycles. The standard InChI is InChI=1S/C24H27N3O4/c1-5-30-23(28)24(13-8-14-24)31-21-15-17(11-12-20(21)29-4)27(3)22-18-9-6-7-10-19(18)25-16(2)26-22/h6-7,9-12,15H,5,8,13-14H2,1-4H3. The molecule has 0 atom stereocenters. The summed E-state index contributed by atoms with van der Waals surface area (Å²) >= 11 is 0. The highest BCUT2D eigenvalue weighted by Gasteiger charge is 2.48. The Morgan fingerprint density at radius 2 is 1.90 bits per heavy atom. The number of hydrogen-bond donors (Lipinski definition) is 0. The van der Waals surface area contributed by atoms with Gasteiger partial charge in [0.05, 0.1) is 19.2 Å². The third-order valence-corrected chi connectivity index (χ3v) is 5.66. The SMILES string of the molecule is CCOC(=O)C1(Oc2cc(N(C)c3nc(C)nc4ccccc34)ccc2OC)CCC1. The second kappa shape index (κ2) is 8.41. The van der Waals surface area contributed by atoms with E-state index in [1.54, 1.807) is 14.0 Å². The summed E-state index contributed by atoms with van der Waals surface area (Å²) < 4.78 is 17.0. The maximum absolute atomic E-state index is 12.6. The fraction of sp³-hybridized carbons (Fsp3) is 0.375. The van der Waals surface area contributed by atoms with Gasteiger partial charge in [0, 0.05) is 24.2 Å². The van der Waals surface area contributed by atoms with Crippen molar-refractivity contribution in [2.45, 2.75) is 38.7 Å². The molecule has 3 aromatic rings. The number of aromatic nitrogens is 2. The summed E-state index contributed by atoms with van der Waals surface area (Å²) in [6.45, 7) is 4.00. The van der Waals surface area contributed by atoms with E-state index in [0.717, 1.165) is 28.8 Å². The molecule has 1 saturated carbocycles. The van der Waals surface area contributed by atoms with Gasteiger partial charge in [-0.1, -0.05) is 12.1 Å². The molecule has 0 spiro atoms. The van der Waals surface area contributed by atoms with E-state index >= 15 is 0 Å². The monoisotopic (exact) mass is 421 g/mol. The van der Waals surface area contributed by atoms with Gasteiger partial charge < -0.3 is 19.1 Å². The summed E-state index contributed by atoms with van der Waals surface area (Å²) in [5.41, 5.74) is 0.800. The largest absolute Gasteiger partial charge is 0.493 e. The zero-order valence-corrected chi connectivity index (χ0v) is 18.3. The first-order valence-electron chi connectivity index (χ1n) is 10.5. The topological polar surface area (TPSA) is 73.8 Å². The van der Waals surface area contributed by atoms with Gasteiger partial charge in [0.1, 0.15) is 11.6 Å². The average molecular weight is 421 g/mol. The summed E-state index contributed by atoms with van der Waals surface area (Å²) in [5.74, 6) is 2.25. The highest BCUT2D eigenvalue weighted by Crippen LogP contribution is 2.43. The lowest BCUT2D eigenvalue weighted by atomic mass is 9.80. The Kier molecular flexibility index (Phi) is 5.67. The maximum Gasteiger partial charge on any atom is 0.350 e. The molecule has 1 aliphatic carbocycles. The third-order valence-electron chi connectivity index (χ3n) is 5.66. The molecular formula is C24H27N3O4. The molecule has 7 heteroatoms. The van der Waals surface area contributed by atoms with Crippen molar-refractivity contribution < 1.29 is 19.0 Å². The van der Waals surface area contributed by atoms with Crippen LogP contribution in [0.1, 0.15) is 32.0 Å². The van der Waals surface area contributed by atoms with E-state index < -0.39 is 5.60 Å². The lowest BCUT2D eigenvalue weighted by Crippen LogP contribution is -2.51. The second-order valence-corrected chi connectivity index (χ2v) is 7.68. The van der Waals surface area contributed by atoms with Gasteiger partial charge in [-0.2, -0.15) is 0 Å². The number of aryl methyl sites for hydroxylation is 1. The minimum Gasteiger partial charge on any atom is -0.493 e. The van der Waals surface area contributed by atoms with E-state index in [1.807, 2.05) is 61.3 Å². The van der Waals surface area contributed by atoms with Gasteiger partial charge in [0.15, 0.2) is 11.5 Å². The summed E-state index contributed by atoms with van der Waals surface area (Å²) in [7, 11) is 3.54. The Hall–Kier alpha value is -3.35. The van der Waals surface area contributed by atoms with Crippen LogP contribution in [-0.2, 0) is 9.53 Å². The number of rotatable bonds is 7. The molecule has 162 valence electrons. The Morgan fingerprint density at radius 1 is 1.13 bits per heavy atom. The van der Waals surface area contributed by atoms with Crippen LogP contribution in [0.5, 0.6) is 11.5 Å². The lowest BCUT2D eigenvalue weighted by molar-refractivity contribution is -0.169. The molecule has 31 heavy (non-hydrogen) atoms. The third kappa shape index (κ3) is 3.87. The van der Waals surface area contributed by atoms with E-state index in [2.05, 4.69) is 9.97 Å². The highest BCUT2D eigenvalue weighted by molar-refractivity contribution is 5.91. The van der Waals surface area contributed by atoms with Crippen LogP contribution in [-0.4, -0.2) is 42.3 Å². The molecule has 1 fully saturated rings. The van der Waals surface area contributed by atoms with Crippen LogP contribution in [0.15, 0.2) is 42.5 Å². The summed E-state index contributed by atoms with van der Waals surface area (Å²) in [6, 6.07) is 13.6. The Balaban J connectivity index is 1.72. The molecule has 1 aromatic heterocycles. The van der Waals surface area contributed by atoms with E-state index in [9.17, 15) is 4.79 Å². The molecule has 0 bridgehead atoms. The molecule has 0 radical (unpaired) electrons.